The van der Waals surface area contributed by atoms with Crippen LogP contribution in [0.4, 0.5) is 0 Å². The molecular weight excluding hydrogens is 451 g/mol. The molecule has 0 saturated carbocycles. The average Bonchev–Trinajstić information content (AvgIpc) is 2.47. The second-order valence-electron chi connectivity index (χ2n) is 11.9. The Labute approximate surface area is 188 Å². The largest absolute Gasteiger partial charge is 0.409 e. The van der Waals surface area contributed by atoms with Crippen molar-refractivity contribution >= 4 is 39.2 Å². The fourth-order valence-corrected chi connectivity index (χ4v) is 7.33. The first-order chi connectivity index (χ1) is 13.2. The van der Waals surface area contributed by atoms with Crippen LogP contribution in [-0.2, 0) is 27.2 Å². The van der Waals surface area contributed by atoms with E-state index in [1.807, 2.05) is 0 Å². The number of ether oxygens (including phenoxy) is 1. The van der Waals surface area contributed by atoms with Crippen LogP contribution in [0, 0.1) is 0 Å². The van der Waals surface area contributed by atoms with E-state index >= 15 is 0 Å². The zero-order valence-electron chi connectivity index (χ0n) is 21.3. The number of hydrogen-bond donors (Lipinski definition) is 1. The van der Waals surface area contributed by atoms with Crippen LogP contribution >= 0.6 is 0 Å². The Morgan fingerprint density at radius 1 is 0.633 bits per heavy atom. The molecule has 0 aromatic heterocycles. The van der Waals surface area contributed by atoms with Crippen molar-refractivity contribution in [2.45, 2.75) is 109 Å². The molecule has 178 valence electrons. The lowest BCUT2D eigenvalue weighted by Gasteiger charge is -2.51. The van der Waals surface area contributed by atoms with E-state index in [1.54, 1.807) is 7.05 Å². The maximum atomic E-state index is 12.9. The van der Waals surface area contributed by atoms with Gasteiger partial charge in [0, 0.05) is 7.05 Å². The van der Waals surface area contributed by atoms with Gasteiger partial charge in [-0.3, -0.25) is 4.79 Å². The van der Waals surface area contributed by atoms with Crippen molar-refractivity contribution < 1.29 is 27.2 Å². The monoisotopic (exact) mass is 495 g/mol. The van der Waals surface area contributed by atoms with Crippen molar-refractivity contribution in [3.8, 4) is 0 Å². The minimum atomic E-state index is -2.02. The molecule has 1 aliphatic rings. The Balaban J connectivity index is 3.55. The van der Waals surface area contributed by atoms with Gasteiger partial charge in [-0.2, -0.15) is 0 Å². The number of carbonyl (C=O) groups excluding carboxylic acids is 1. The van der Waals surface area contributed by atoms with Gasteiger partial charge in [-0.25, -0.2) is 0 Å². The fraction of sp³-hybridized carbons (Fsp3) is 0.947. The second-order valence-corrected chi connectivity index (χ2v) is 29.7. The third-order valence-corrected chi connectivity index (χ3v) is 7.82. The highest BCUT2D eigenvalue weighted by atomic mass is 28.4. The van der Waals surface area contributed by atoms with Crippen molar-refractivity contribution in [3.63, 3.8) is 0 Å². The van der Waals surface area contributed by atoms with E-state index in [2.05, 4.69) is 83.9 Å². The van der Waals surface area contributed by atoms with Gasteiger partial charge in [-0.15, -0.1) is 0 Å². The summed E-state index contributed by atoms with van der Waals surface area (Å²) < 4.78 is 32.5. The highest BCUT2D eigenvalue weighted by Crippen LogP contribution is 2.35. The van der Waals surface area contributed by atoms with Gasteiger partial charge in [0.2, 0.25) is 0 Å². The van der Waals surface area contributed by atoms with Crippen LogP contribution in [0.5, 0.6) is 0 Å². The fourth-order valence-electron chi connectivity index (χ4n) is 3.22. The topological polar surface area (TPSA) is 75.3 Å². The molecule has 30 heavy (non-hydrogen) atoms. The van der Waals surface area contributed by atoms with Gasteiger partial charge < -0.3 is 27.8 Å². The Morgan fingerprint density at radius 3 is 1.37 bits per heavy atom. The summed E-state index contributed by atoms with van der Waals surface area (Å²) in [7, 11) is -6.38. The first kappa shape index (κ1) is 28.2. The predicted molar refractivity (Wildman–Crippen MR) is 132 cm³/mol. The van der Waals surface area contributed by atoms with Crippen LogP contribution in [-0.4, -0.2) is 76.9 Å². The normalized spacial score (nSPS) is 29.0. The molecule has 1 fully saturated rings. The van der Waals surface area contributed by atoms with Gasteiger partial charge in [-0.05, 0) is 78.6 Å². The minimum Gasteiger partial charge on any atom is -0.409 e. The van der Waals surface area contributed by atoms with E-state index < -0.39 is 64.0 Å². The van der Waals surface area contributed by atoms with Gasteiger partial charge in [0.25, 0.3) is 5.91 Å². The minimum absolute atomic E-state index is 0.224. The zero-order valence-corrected chi connectivity index (χ0v) is 25.3. The van der Waals surface area contributed by atoms with E-state index in [1.165, 1.54) is 0 Å². The van der Waals surface area contributed by atoms with E-state index in [0.29, 0.717) is 0 Å². The molecule has 1 heterocycles. The summed E-state index contributed by atoms with van der Waals surface area (Å²) in [5.74, 6) is -0.224. The zero-order chi connectivity index (χ0) is 23.7. The van der Waals surface area contributed by atoms with Crippen LogP contribution in [0.3, 0.4) is 0 Å². The molecule has 1 saturated heterocycles. The molecule has 7 nitrogen and oxygen atoms in total. The molecule has 1 rings (SSSR count). The smallest absolute Gasteiger partial charge is 0.251 e. The van der Waals surface area contributed by atoms with Crippen molar-refractivity contribution in [1.82, 2.24) is 5.32 Å². The van der Waals surface area contributed by atoms with Gasteiger partial charge in [0.15, 0.2) is 45.7 Å². The lowest BCUT2D eigenvalue weighted by Crippen LogP contribution is -2.68. The maximum absolute atomic E-state index is 12.9. The standard InChI is InChI=1S/C19H45NO6Si4/c1-20-18(21)16-14(23-27(2,3)4)15(24-28(5,6)7)17(25-29(8,9)10)19(22-16)26-30(11,12)13/h14-17,19H,1-13H3,(H,20,21). The second kappa shape index (κ2) is 9.96. The molecule has 5 unspecified atom stereocenters. The third-order valence-electron chi connectivity index (χ3n) is 3.94. The summed E-state index contributed by atoms with van der Waals surface area (Å²) in [6, 6.07) is 0. The van der Waals surface area contributed by atoms with Gasteiger partial charge in [0.1, 0.15) is 18.3 Å². The number of hydrogen-bond acceptors (Lipinski definition) is 6. The molecule has 11 heteroatoms. The van der Waals surface area contributed by atoms with E-state index in [9.17, 15) is 4.79 Å². The first-order valence-electron chi connectivity index (χ1n) is 10.8. The van der Waals surface area contributed by atoms with Gasteiger partial charge >= 0.3 is 0 Å². The van der Waals surface area contributed by atoms with Crippen molar-refractivity contribution in [2.24, 2.45) is 0 Å². The molecule has 1 amide bonds. The Morgan fingerprint density at radius 2 is 1.00 bits per heavy atom. The van der Waals surface area contributed by atoms with Crippen molar-refractivity contribution in [1.29, 1.82) is 0 Å². The van der Waals surface area contributed by atoms with Crippen LogP contribution < -0.4 is 5.32 Å². The van der Waals surface area contributed by atoms with E-state index in [0.717, 1.165) is 0 Å². The van der Waals surface area contributed by atoms with E-state index in [-0.39, 0.29) is 5.91 Å². The molecule has 1 aliphatic heterocycles. The molecule has 1 N–H and O–H groups in total. The SMILES string of the molecule is CNC(=O)C1OC(O[Si](C)(C)C)C(O[Si](C)(C)C)C(O[Si](C)(C)C)C1O[Si](C)(C)C. The highest BCUT2D eigenvalue weighted by molar-refractivity contribution is 6.71. The Kier molecular flexibility index (Phi) is 9.35. The Hall–Kier alpha value is 0.138. The van der Waals surface area contributed by atoms with Crippen LogP contribution in [0.15, 0.2) is 0 Å². The first-order valence-corrected chi connectivity index (χ1v) is 24.4. The number of carbonyl (C=O) groups is 1. The molecule has 0 aliphatic carbocycles. The maximum Gasteiger partial charge on any atom is 0.251 e. The molecule has 5 atom stereocenters. The van der Waals surface area contributed by atoms with Crippen molar-refractivity contribution in [2.75, 3.05) is 7.05 Å². The molecule has 0 aromatic carbocycles. The summed E-state index contributed by atoms with van der Waals surface area (Å²) in [6.07, 6.45) is -2.92. The highest BCUT2D eigenvalue weighted by Gasteiger charge is 2.54. The summed E-state index contributed by atoms with van der Waals surface area (Å²) >= 11 is 0. The van der Waals surface area contributed by atoms with Crippen LogP contribution in [0.2, 0.25) is 78.6 Å². The van der Waals surface area contributed by atoms with Gasteiger partial charge in [0.05, 0.1) is 0 Å². The van der Waals surface area contributed by atoms with E-state index in [4.69, 9.17) is 22.4 Å². The molecule has 0 spiro atoms. The summed E-state index contributed by atoms with van der Waals surface area (Å²) in [5, 5.41) is 2.73. The van der Waals surface area contributed by atoms with Crippen LogP contribution in [0.25, 0.3) is 0 Å². The average molecular weight is 496 g/mol. The number of rotatable bonds is 9. The summed E-state index contributed by atoms with van der Waals surface area (Å²) in [6.45, 7) is 25.5. The summed E-state index contributed by atoms with van der Waals surface area (Å²) in [5.41, 5.74) is 0. The number of nitrogens with one attached hydrogen (secondary N) is 1. The lowest BCUT2D eigenvalue weighted by molar-refractivity contribution is -0.258. The number of amides is 1. The van der Waals surface area contributed by atoms with Crippen LogP contribution in [0.1, 0.15) is 0 Å². The molecular formula is C19H45NO6Si4. The van der Waals surface area contributed by atoms with Gasteiger partial charge in [-0.1, -0.05) is 0 Å². The Bertz CT molecular complexity index is 580. The lowest BCUT2D eigenvalue weighted by atomic mass is 9.98. The predicted octanol–water partition coefficient (Wildman–Crippen LogP) is 3.97. The van der Waals surface area contributed by atoms with Crippen molar-refractivity contribution in [3.05, 3.63) is 0 Å². The summed E-state index contributed by atoms with van der Waals surface area (Å²) in [4.78, 5) is 12.9. The quantitative estimate of drug-likeness (QED) is 0.488. The third kappa shape index (κ3) is 9.73. The molecule has 0 aromatic rings. The molecule has 0 radical (unpaired) electrons. The molecule has 0 bridgehead atoms. The number of likely N-dealkylation sites (N-methyl/N-ethyl adjacent to an activating group) is 1.